The normalized spacial score (nSPS) is 16.4. The Morgan fingerprint density at radius 1 is 1.52 bits per heavy atom. The highest BCUT2D eigenvalue weighted by Crippen LogP contribution is 2.14. The molecule has 0 aliphatic carbocycles. The first-order valence-electron chi connectivity index (χ1n) is 7.68. The number of nitrogens with zero attached hydrogens (tertiary/aromatic N) is 2. The first-order chi connectivity index (χ1) is 10.1. The number of nitrogens with one attached hydrogen (secondary N) is 1. The van der Waals surface area contributed by atoms with Gasteiger partial charge in [-0.3, -0.25) is 0 Å². The van der Waals surface area contributed by atoms with Gasteiger partial charge in [-0.25, -0.2) is 9.78 Å². The fraction of sp³-hybridized carbons (Fsp3) is 0.733. The van der Waals surface area contributed by atoms with Gasteiger partial charge in [0.05, 0.1) is 11.1 Å². The molecule has 0 bridgehead atoms. The molecule has 0 radical (unpaired) electrons. The lowest BCUT2D eigenvalue weighted by Crippen LogP contribution is -2.46. The molecule has 6 heteroatoms. The largest absolute Gasteiger partial charge is 0.378 e. The molecular formula is C15H25N3O2S. The molecule has 0 aromatic carbocycles. The molecule has 0 atom stereocenters. The molecule has 1 aromatic heterocycles. The van der Waals surface area contributed by atoms with E-state index in [9.17, 15) is 4.79 Å². The number of hydrogen-bond donors (Lipinski definition) is 1. The van der Waals surface area contributed by atoms with Crippen LogP contribution in [-0.4, -0.2) is 48.3 Å². The van der Waals surface area contributed by atoms with E-state index < -0.39 is 0 Å². The van der Waals surface area contributed by atoms with Crippen molar-refractivity contribution < 1.29 is 9.53 Å². The zero-order valence-electron chi connectivity index (χ0n) is 12.9. The fourth-order valence-electron chi connectivity index (χ4n) is 2.32. The molecule has 118 valence electrons. The number of carbonyl (C=O) groups is 1. The van der Waals surface area contributed by atoms with Gasteiger partial charge in [-0.05, 0) is 18.8 Å². The SMILES string of the molecule is CC(C)COC1CCN(C(=O)NCCc2nccs2)CC1. The van der Waals surface area contributed by atoms with Crippen LogP contribution in [0.4, 0.5) is 4.79 Å². The first kappa shape index (κ1) is 16.2. The maximum atomic E-state index is 12.1. The standard InChI is InChI=1S/C15H25N3O2S/c1-12(2)11-20-13-4-8-18(9-5-13)15(19)17-6-3-14-16-7-10-21-14/h7,10,12-13H,3-6,8-9,11H2,1-2H3,(H,17,19). The molecule has 2 rings (SSSR count). The summed E-state index contributed by atoms with van der Waals surface area (Å²) < 4.78 is 5.84. The van der Waals surface area contributed by atoms with E-state index in [0.29, 0.717) is 18.6 Å². The molecule has 2 amide bonds. The van der Waals surface area contributed by atoms with E-state index in [-0.39, 0.29) is 6.03 Å². The third-order valence-corrected chi connectivity index (χ3v) is 4.33. The van der Waals surface area contributed by atoms with Gasteiger partial charge in [-0.1, -0.05) is 13.8 Å². The summed E-state index contributed by atoms with van der Waals surface area (Å²) in [6, 6.07) is 0.0360. The van der Waals surface area contributed by atoms with Crippen LogP contribution in [0.5, 0.6) is 0 Å². The van der Waals surface area contributed by atoms with E-state index in [1.54, 1.807) is 17.5 Å². The zero-order chi connectivity index (χ0) is 15.1. The summed E-state index contributed by atoms with van der Waals surface area (Å²) in [4.78, 5) is 18.1. The Bertz CT molecular complexity index is 415. The van der Waals surface area contributed by atoms with Gasteiger partial charge in [0.15, 0.2) is 0 Å². The molecule has 0 saturated carbocycles. The summed E-state index contributed by atoms with van der Waals surface area (Å²) in [5, 5.41) is 5.99. The fourth-order valence-corrected chi connectivity index (χ4v) is 2.94. The Labute approximate surface area is 130 Å². The molecule has 1 N–H and O–H groups in total. The number of rotatable bonds is 6. The van der Waals surface area contributed by atoms with Gasteiger partial charge < -0.3 is 15.0 Å². The Kier molecular flexibility index (Phi) is 6.45. The van der Waals surface area contributed by atoms with E-state index in [1.165, 1.54) is 0 Å². The van der Waals surface area contributed by atoms with Crippen molar-refractivity contribution in [3.8, 4) is 0 Å². The van der Waals surface area contributed by atoms with Crippen molar-refractivity contribution >= 4 is 17.4 Å². The van der Waals surface area contributed by atoms with Crippen molar-refractivity contribution in [2.24, 2.45) is 5.92 Å². The molecule has 1 aliphatic rings. The van der Waals surface area contributed by atoms with E-state index in [0.717, 1.165) is 44.0 Å². The average molecular weight is 311 g/mol. The third-order valence-electron chi connectivity index (χ3n) is 3.49. The Hall–Kier alpha value is -1.14. The molecule has 1 saturated heterocycles. The average Bonchev–Trinajstić information content (AvgIpc) is 2.99. The van der Waals surface area contributed by atoms with Crippen LogP contribution < -0.4 is 5.32 Å². The number of thiazole rings is 1. The van der Waals surface area contributed by atoms with Crippen molar-refractivity contribution in [1.82, 2.24) is 15.2 Å². The summed E-state index contributed by atoms with van der Waals surface area (Å²) >= 11 is 1.63. The number of aromatic nitrogens is 1. The highest BCUT2D eigenvalue weighted by Gasteiger charge is 2.23. The van der Waals surface area contributed by atoms with E-state index in [4.69, 9.17) is 4.74 Å². The van der Waals surface area contributed by atoms with Crippen LogP contribution in [0.2, 0.25) is 0 Å². The number of amides is 2. The predicted molar refractivity (Wildman–Crippen MR) is 84.6 cm³/mol. The minimum Gasteiger partial charge on any atom is -0.378 e. The highest BCUT2D eigenvalue weighted by molar-refractivity contribution is 7.09. The molecule has 1 aliphatic heterocycles. The maximum absolute atomic E-state index is 12.1. The Morgan fingerprint density at radius 3 is 2.90 bits per heavy atom. The lowest BCUT2D eigenvalue weighted by atomic mass is 10.1. The molecule has 1 fully saturated rings. The summed E-state index contributed by atoms with van der Waals surface area (Å²) in [6.07, 6.45) is 4.78. The lowest BCUT2D eigenvalue weighted by Gasteiger charge is -2.32. The highest BCUT2D eigenvalue weighted by atomic mass is 32.1. The second-order valence-electron chi connectivity index (χ2n) is 5.82. The van der Waals surface area contributed by atoms with Crippen LogP contribution in [0, 0.1) is 5.92 Å². The van der Waals surface area contributed by atoms with Crippen LogP contribution in [0.15, 0.2) is 11.6 Å². The topological polar surface area (TPSA) is 54.5 Å². The number of hydrogen-bond acceptors (Lipinski definition) is 4. The molecule has 5 nitrogen and oxygen atoms in total. The number of ether oxygens (including phenoxy) is 1. The van der Waals surface area contributed by atoms with E-state index in [2.05, 4.69) is 24.1 Å². The smallest absolute Gasteiger partial charge is 0.317 e. The number of carbonyl (C=O) groups excluding carboxylic acids is 1. The molecule has 0 unspecified atom stereocenters. The van der Waals surface area contributed by atoms with Crippen LogP contribution in [0.1, 0.15) is 31.7 Å². The first-order valence-corrected chi connectivity index (χ1v) is 8.56. The quantitative estimate of drug-likeness (QED) is 0.878. The van der Waals surface area contributed by atoms with Gasteiger partial charge in [-0.15, -0.1) is 11.3 Å². The van der Waals surface area contributed by atoms with E-state index in [1.807, 2.05) is 10.3 Å². The minimum atomic E-state index is 0.0360. The number of likely N-dealkylation sites (tertiary alicyclic amines) is 1. The molecule has 0 spiro atoms. The van der Waals surface area contributed by atoms with Gasteiger partial charge in [0.25, 0.3) is 0 Å². The van der Waals surface area contributed by atoms with Crippen LogP contribution in [-0.2, 0) is 11.2 Å². The van der Waals surface area contributed by atoms with Crippen LogP contribution >= 0.6 is 11.3 Å². The van der Waals surface area contributed by atoms with Crippen LogP contribution in [0.3, 0.4) is 0 Å². The predicted octanol–water partition coefficient (Wildman–Crippen LogP) is 2.53. The second-order valence-corrected chi connectivity index (χ2v) is 6.80. The number of piperidine rings is 1. The molecule has 1 aromatic rings. The van der Waals surface area contributed by atoms with Gasteiger partial charge >= 0.3 is 6.03 Å². The Balaban J connectivity index is 1.61. The van der Waals surface area contributed by atoms with Crippen molar-refractivity contribution in [2.75, 3.05) is 26.2 Å². The van der Waals surface area contributed by atoms with Gasteiger partial charge in [0.2, 0.25) is 0 Å². The van der Waals surface area contributed by atoms with Crippen LogP contribution in [0.25, 0.3) is 0 Å². The van der Waals surface area contributed by atoms with Crippen molar-refractivity contribution in [3.63, 3.8) is 0 Å². The Morgan fingerprint density at radius 2 is 2.29 bits per heavy atom. The van der Waals surface area contributed by atoms with E-state index >= 15 is 0 Å². The van der Waals surface area contributed by atoms with Gasteiger partial charge in [0.1, 0.15) is 0 Å². The molecule has 2 heterocycles. The number of urea groups is 1. The molecule has 21 heavy (non-hydrogen) atoms. The molecular weight excluding hydrogens is 286 g/mol. The second kappa shape index (κ2) is 8.34. The lowest BCUT2D eigenvalue weighted by molar-refractivity contribution is 0.00215. The summed E-state index contributed by atoms with van der Waals surface area (Å²) in [5.74, 6) is 0.567. The minimum absolute atomic E-state index is 0.0360. The van der Waals surface area contributed by atoms with Crippen molar-refractivity contribution in [1.29, 1.82) is 0 Å². The third kappa shape index (κ3) is 5.63. The van der Waals surface area contributed by atoms with Crippen molar-refractivity contribution in [3.05, 3.63) is 16.6 Å². The summed E-state index contributed by atoms with van der Waals surface area (Å²) in [7, 11) is 0. The maximum Gasteiger partial charge on any atom is 0.317 e. The summed E-state index contributed by atoms with van der Waals surface area (Å²) in [6.45, 7) is 7.34. The van der Waals surface area contributed by atoms with Crippen molar-refractivity contribution in [2.45, 2.75) is 39.2 Å². The zero-order valence-corrected chi connectivity index (χ0v) is 13.7. The summed E-state index contributed by atoms with van der Waals surface area (Å²) in [5.41, 5.74) is 0. The van der Waals surface area contributed by atoms with Gasteiger partial charge in [-0.2, -0.15) is 0 Å². The van der Waals surface area contributed by atoms with Gasteiger partial charge in [0, 0.05) is 44.2 Å². The monoisotopic (exact) mass is 311 g/mol.